The van der Waals surface area contributed by atoms with E-state index in [9.17, 15) is 0 Å². The predicted octanol–water partition coefficient (Wildman–Crippen LogP) is 3.87. The van der Waals surface area contributed by atoms with Crippen LogP contribution in [0.5, 0.6) is 11.5 Å². The maximum atomic E-state index is 9.03. The molecule has 0 heterocycles. The Labute approximate surface area is 99.1 Å². The van der Waals surface area contributed by atoms with Crippen LogP contribution in [0.2, 0.25) is 0 Å². The lowest BCUT2D eigenvalue weighted by atomic mass is 10.3. The molecule has 0 aliphatic carbocycles. The molecule has 4 heteroatoms. The molecule has 0 fully saturated rings. The lowest BCUT2D eigenvalue weighted by molar-refractivity contribution is 0.311. The zero-order valence-corrected chi connectivity index (χ0v) is 9.63. The fourth-order valence-corrected chi connectivity index (χ4v) is 1.25. The summed E-state index contributed by atoms with van der Waals surface area (Å²) in [5.74, 6) is 0.980. The molecule has 0 bridgehead atoms. The van der Waals surface area contributed by atoms with Gasteiger partial charge in [-0.2, -0.15) is 0 Å². The van der Waals surface area contributed by atoms with E-state index in [1.807, 2.05) is 0 Å². The Bertz CT molecular complexity index is 316. The zero-order chi connectivity index (χ0) is 11.1. The average Bonchev–Trinajstić information content (AvgIpc) is 2.20. The highest BCUT2D eigenvalue weighted by atomic mass is 35.5. The number of halogens is 2. The monoisotopic (exact) mass is 246 g/mol. The summed E-state index contributed by atoms with van der Waals surface area (Å²) in [5.41, 5.74) is 0. The first-order valence-electron chi connectivity index (χ1n) is 4.61. The summed E-state index contributed by atoms with van der Waals surface area (Å²) >= 11 is 10.9. The van der Waals surface area contributed by atoms with Crippen molar-refractivity contribution in [2.24, 2.45) is 0 Å². The van der Waals surface area contributed by atoms with Gasteiger partial charge >= 0.3 is 0 Å². The molecule has 0 unspecified atom stereocenters. The van der Waals surface area contributed by atoms with Crippen molar-refractivity contribution in [3.63, 3.8) is 0 Å². The van der Waals surface area contributed by atoms with Gasteiger partial charge in [-0.3, -0.25) is 0 Å². The fourth-order valence-electron chi connectivity index (χ4n) is 1.03. The normalized spacial score (nSPS) is 9.73. The molecule has 1 rings (SSSR count). The average molecular weight is 247 g/mol. The number of allylic oxidation sites excluding steroid dienone is 1. The van der Waals surface area contributed by atoms with Gasteiger partial charge in [-0.15, -0.1) is 0 Å². The number of ether oxygens (including phenoxy) is 1. The Morgan fingerprint density at radius 1 is 1.27 bits per heavy atom. The van der Waals surface area contributed by atoms with Crippen molar-refractivity contribution in [1.82, 2.24) is 0 Å². The van der Waals surface area contributed by atoms with Crippen molar-refractivity contribution in [3.8, 4) is 11.5 Å². The van der Waals surface area contributed by atoms with Crippen molar-refractivity contribution >= 4 is 23.2 Å². The summed E-state index contributed by atoms with van der Waals surface area (Å²) in [6.45, 7) is 0.600. The van der Waals surface area contributed by atoms with Gasteiger partial charge in [0, 0.05) is 0 Å². The van der Waals surface area contributed by atoms with Gasteiger partial charge < -0.3 is 9.84 Å². The van der Waals surface area contributed by atoms with Crippen LogP contribution in [-0.2, 0) is 0 Å². The Morgan fingerprint density at radius 3 is 2.53 bits per heavy atom. The van der Waals surface area contributed by atoms with E-state index in [1.54, 1.807) is 30.3 Å². The van der Waals surface area contributed by atoms with Crippen molar-refractivity contribution in [2.45, 2.75) is 12.8 Å². The molecular formula is C11H12Cl2O2. The second kappa shape index (κ2) is 6.59. The Morgan fingerprint density at radius 2 is 1.93 bits per heavy atom. The fraction of sp³-hybridized carbons (Fsp3) is 0.273. The topological polar surface area (TPSA) is 29.5 Å². The van der Waals surface area contributed by atoms with Gasteiger partial charge in [0.2, 0.25) is 0 Å². The van der Waals surface area contributed by atoms with Crippen molar-refractivity contribution < 1.29 is 9.84 Å². The smallest absolute Gasteiger partial charge is 0.119 e. The van der Waals surface area contributed by atoms with Crippen molar-refractivity contribution in [3.05, 3.63) is 34.8 Å². The molecule has 2 nitrogen and oxygen atoms in total. The van der Waals surface area contributed by atoms with E-state index < -0.39 is 0 Å². The molecule has 0 atom stereocenters. The molecule has 1 aromatic rings. The van der Waals surface area contributed by atoms with E-state index >= 15 is 0 Å². The van der Waals surface area contributed by atoms with Crippen LogP contribution in [-0.4, -0.2) is 11.7 Å². The highest BCUT2D eigenvalue weighted by Gasteiger charge is 1.93. The highest BCUT2D eigenvalue weighted by molar-refractivity contribution is 6.55. The predicted molar refractivity (Wildman–Crippen MR) is 62.6 cm³/mol. The van der Waals surface area contributed by atoms with Crippen molar-refractivity contribution in [2.75, 3.05) is 6.61 Å². The maximum absolute atomic E-state index is 9.03. The van der Waals surface area contributed by atoms with Gasteiger partial charge in [0.25, 0.3) is 0 Å². The van der Waals surface area contributed by atoms with Gasteiger partial charge in [-0.25, -0.2) is 0 Å². The van der Waals surface area contributed by atoms with Crippen LogP contribution in [0.3, 0.4) is 0 Å². The van der Waals surface area contributed by atoms with Gasteiger partial charge in [0.1, 0.15) is 16.0 Å². The summed E-state index contributed by atoms with van der Waals surface area (Å²) in [6, 6.07) is 6.62. The minimum atomic E-state index is 0.235. The Hall–Kier alpha value is -0.860. The summed E-state index contributed by atoms with van der Waals surface area (Å²) in [4.78, 5) is 0. The standard InChI is InChI=1S/C11H12Cl2O2/c12-11(13)3-1-2-8-15-10-6-4-9(14)5-7-10/h3-7,14H,1-2,8H2. The molecule has 0 saturated carbocycles. The maximum Gasteiger partial charge on any atom is 0.119 e. The molecule has 0 aliphatic heterocycles. The summed E-state index contributed by atoms with van der Waals surface area (Å²) < 4.78 is 5.71. The third kappa shape index (κ3) is 5.55. The number of phenolic OH excluding ortho intramolecular Hbond substituents is 1. The molecule has 0 saturated heterocycles. The third-order valence-corrected chi connectivity index (χ3v) is 2.06. The minimum Gasteiger partial charge on any atom is -0.508 e. The van der Waals surface area contributed by atoms with Crippen LogP contribution in [0.15, 0.2) is 34.8 Å². The second-order valence-electron chi connectivity index (χ2n) is 2.98. The lowest BCUT2D eigenvalue weighted by Gasteiger charge is -2.04. The number of hydrogen-bond acceptors (Lipinski definition) is 2. The minimum absolute atomic E-state index is 0.235. The molecule has 0 amide bonds. The van der Waals surface area contributed by atoms with Gasteiger partial charge in [0.05, 0.1) is 6.61 Å². The molecule has 0 spiro atoms. The second-order valence-corrected chi connectivity index (χ2v) is 3.99. The molecule has 0 aliphatic rings. The SMILES string of the molecule is Oc1ccc(OCCCC=C(Cl)Cl)cc1. The Balaban J connectivity index is 2.20. The number of unbranched alkanes of at least 4 members (excludes halogenated alkanes) is 1. The van der Waals surface area contributed by atoms with Crippen LogP contribution in [0.1, 0.15) is 12.8 Å². The first-order chi connectivity index (χ1) is 7.18. The lowest BCUT2D eigenvalue weighted by Crippen LogP contribution is -1.95. The van der Waals surface area contributed by atoms with E-state index in [1.165, 1.54) is 0 Å². The number of rotatable bonds is 5. The van der Waals surface area contributed by atoms with E-state index in [0.29, 0.717) is 11.1 Å². The van der Waals surface area contributed by atoms with Crippen LogP contribution < -0.4 is 4.74 Å². The van der Waals surface area contributed by atoms with Crippen molar-refractivity contribution in [1.29, 1.82) is 0 Å². The molecule has 15 heavy (non-hydrogen) atoms. The van der Waals surface area contributed by atoms with Crippen LogP contribution >= 0.6 is 23.2 Å². The summed E-state index contributed by atoms with van der Waals surface area (Å²) in [7, 11) is 0. The van der Waals surface area contributed by atoms with E-state index in [-0.39, 0.29) is 5.75 Å². The first kappa shape index (κ1) is 12.2. The number of hydrogen-bond donors (Lipinski definition) is 1. The largest absolute Gasteiger partial charge is 0.508 e. The van der Waals surface area contributed by atoms with E-state index in [2.05, 4.69) is 0 Å². The van der Waals surface area contributed by atoms with Gasteiger partial charge in [-0.1, -0.05) is 29.3 Å². The third-order valence-electron chi connectivity index (χ3n) is 1.75. The zero-order valence-electron chi connectivity index (χ0n) is 8.12. The number of phenols is 1. The summed E-state index contributed by atoms with van der Waals surface area (Å²) in [5, 5.41) is 9.03. The molecule has 0 radical (unpaired) electrons. The molecular weight excluding hydrogens is 235 g/mol. The first-order valence-corrected chi connectivity index (χ1v) is 5.37. The molecule has 1 aromatic carbocycles. The van der Waals surface area contributed by atoms with Gasteiger partial charge in [-0.05, 0) is 37.1 Å². The van der Waals surface area contributed by atoms with Crippen LogP contribution in [0.25, 0.3) is 0 Å². The number of aromatic hydroxyl groups is 1. The van der Waals surface area contributed by atoms with Crippen LogP contribution in [0, 0.1) is 0 Å². The molecule has 82 valence electrons. The Kier molecular flexibility index (Phi) is 5.37. The van der Waals surface area contributed by atoms with E-state index in [4.69, 9.17) is 33.0 Å². The highest BCUT2D eigenvalue weighted by Crippen LogP contribution is 2.16. The van der Waals surface area contributed by atoms with E-state index in [0.717, 1.165) is 18.6 Å². The quantitative estimate of drug-likeness (QED) is 0.800. The molecule has 1 N–H and O–H groups in total. The van der Waals surface area contributed by atoms with Crippen LogP contribution in [0.4, 0.5) is 0 Å². The number of benzene rings is 1. The molecule has 0 aromatic heterocycles. The van der Waals surface area contributed by atoms with Gasteiger partial charge in [0.15, 0.2) is 0 Å². The summed E-state index contributed by atoms with van der Waals surface area (Å²) in [6.07, 6.45) is 3.38.